The molecule has 0 heterocycles. The van der Waals surface area contributed by atoms with Gasteiger partial charge in [0, 0.05) is 10.7 Å². The fourth-order valence-corrected chi connectivity index (χ4v) is 2.70. The standard InChI is InChI=1S/C22H16BrNO5/c1-28-20-12-14(13-24-18-9-5-15(6-10-18)21(25)26)2-11-19(20)29-22(27)16-3-7-17(23)8-4-16/h2-13H,1H3,(H,25,26). The molecule has 0 aliphatic rings. The number of carboxylic acid groups (broad SMARTS) is 1. The number of nitrogens with zero attached hydrogens (tertiary/aromatic N) is 1. The van der Waals surface area contributed by atoms with E-state index < -0.39 is 11.9 Å². The van der Waals surface area contributed by atoms with Gasteiger partial charge in [-0.3, -0.25) is 4.99 Å². The number of ether oxygens (including phenoxy) is 2. The number of aromatic carboxylic acids is 1. The van der Waals surface area contributed by atoms with Crippen molar-refractivity contribution >= 4 is 39.8 Å². The maximum absolute atomic E-state index is 12.3. The van der Waals surface area contributed by atoms with Crippen LogP contribution in [0.1, 0.15) is 26.3 Å². The summed E-state index contributed by atoms with van der Waals surface area (Å²) in [6, 6.07) is 18.1. The van der Waals surface area contributed by atoms with Gasteiger partial charge in [-0.2, -0.15) is 0 Å². The van der Waals surface area contributed by atoms with Crippen LogP contribution in [-0.2, 0) is 0 Å². The zero-order valence-electron chi connectivity index (χ0n) is 15.3. The Morgan fingerprint density at radius 2 is 1.59 bits per heavy atom. The first-order chi connectivity index (χ1) is 14.0. The Hall–Kier alpha value is -3.45. The van der Waals surface area contributed by atoms with E-state index >= 15 is 0 Å². The number of carbonyl (C=O) groups is 2. The lowest BCUT2D eigenvalue weighted by Gasteiger charge is -2.10. The highest BCUT2D eigenvalue weighted by atomic mass is 79.9. The van der Waals surface area contributed by atoms with Crippen LogP contribution in [0, 0.1) is 0 Å². The minimum atomic E-state index is -0.987. The first-order valence-corrected chi connectivity index (χ1v) is 9.29. The van der Waals surface area contributed by atoms with Crippen molar-refractivity contribution < 1.29 is 24.2 Å². The average Bonchev–Trinajstić information content (AvgIpc) is 2.73. The molecule has 7 heteroatoms. The highest BCUT2D eigenvalue weighted by Gasteiger charge is 2.12. The molecule has 0 aromatic heterocycles. The Kier molecular flexibility index (Phi) is 6.41. The second-order valence-electron chi connectivity index (χ2n) is 5.92. The lowest BCUT2D eigenvalue weighted by molar-refractivity contribution is 0.0694. The van der Waals surface area contributed by atoms with E-state index in [0.29, 0.717) is 22.7 Å². The predicted molar refractivity (Wildman–Crippen MR) is 113 cm³/mol. The molecule has 3 aromatic carbocycles. The summed E-state index contributed by atoms with van der Waals surface area (Å²) in [6.07, 6.45) is 1.61. The van der Waals surface area contributed by atoms with Gasteiger partial charge in [-0.25, -0.2) is 9.59 Å². The smallest absolute Gasteiger partial charge is 0.343 e. The Morgan fingerprint density at radius 3 is 2.21 bits per heavy atom. The Labute approximate surface area is 175 Å². The third-order valence-electron chi connectivity index (χ3n) is 3.95. The van der Waals surface area contributed by atoms with Gasteiger partial charge in [0.1, 0.15) is 0 Å². The van der Waals surface area contributed by atoms with Crippen LogP contribution in [0.2, 0.25) is 0 Å². The van der Waals surface area contributed by atoms with Crippen molar-refractivity contribution in [3.63, 3.8) is 0 Å². The Morgan fingerprint density at radius 1 is 0.931 bits per heavy atom. The molecule has 0 bridgehead atoms. The van der Waals surface area contributed by atoms with Crippen molar-refractivity contribution in [1.29, 1.82) is 0 Å². The zero-order chi connectivity index (χ0) is 20.8. The summed E-state index contributed by atoms with van der Waals surface area (Å²) >= 11 is 3.32. The number of rotatable bonds is 6. The molecule has 0 saturated heterocycles. The van der Waals surface area contributed by atoms with Crippen molar-refractivity contribution in [3.05, 3.63) is 87.9 Å². The average molecular weight is 454 g/mol. The first-order valence-electron chi connectivity index (χ1n) is 8.49. The number of hydrogen-bond acceptors (Lipinski definition) is 5. The highest BCUT2D eigenvalue weighted by Crippen LogP contribution is 2.29. The van der Waals surface area contributed by atoms with Crippen molar-refractivity contribution in [3.8, 4) is 11.5 Å². The fourth-order valence-electron chi connectivity index (χ4n) is 2.43. The largest absolute Gasteiger partial charge is 0.493 e. The van der Waals surface area contributed by atoms with Crippen LogP contribution in [0.25, 0.3) is 0 Å². The predicted octanol–water partition coefficient (Wildman–Crippen LogP) is 5.13. The Balaban J connectivity index is 1.75. The van der Waals surface area contributed by atoms with E-state index in [9.17, 15) is 9.59 Å². The molecule has 1 N–H and O–H groups in total. The molecule has 0 aliphatic carbocycles. The minimum Gasteiger partial charge on any atom is -0.493 e. The molecule has 0 aliphatic heterocycles. The van der Waals surface area contributed by atoms with E-state index in [-0.39, 0.29) is 5.56 Å². The monoisotopic (exact) mass is 453 g/mol. The third-order valence-corrected chi connectivity index (χ3v) is 4.48. The number of carboxylic acids is 1. The van der Waals surface area contributed by atoms with Crippen LogP contribution >= 0.6 is 15.9 Å². The van der Waals surface area contributed by atoms with Gasteiger partial charge in [0.2, 0.25) is 0 Å². The van der Waals surface area contributed by atoms with Gasteiger partial charge >= 0.3 is 11.9 Å². The van der Waals surface area contributed by atoms with Crippen LogP contribution in [0.3, 0.4) is 0 Å². The Bertz CT molecular complexity index is 1060. The van der Waals surface area contributed by atoms with Gasteiger partial charge in [0.05, 0.1) is 23.9 Å². The van der Waals surface area contributed by atoms with Gasteiger partial charge in [0.25, 0.3) is 0 Å². The van der Waals surface area contributed by atoms with E-state index in [0.717, 1.165) is 10.0 Å². The maximum Gasteiger partial charge on any atom is 0.343 e. The summed E-state index contributed by atoms with van der Waals surface area (Å²) in [5.41, 5.74) is 1.96. The number of esters is 1. The molecule has 0 atom stereocenters. The molecule has 0 amide bonds. The van der Waals surface area contributed by atoms with E-state index in [1.165, 1.54) is 19.2 Å². The zero-order valence-corrected chi connectivity index (χ0v) is 16.9. The van der Waals surface area contributed by atoms with E-state index in [1.807, 2.05) is 0 Å². The van der Waals surface area contributed by atoms with Crippen LogP contribution < -0.4 is 9.47 Å². The van der Waals surface area contributed by atoms with Gasteiger partial charge in [0.15, 0.2) is 11.5 Å². The molecule has 0 radical (unpaired) electrons. The summed E-state index contributed by atoms with van der Waals surface area (Å²) in [5, 5.41) is 8.92. The summed E-state index contributed by atoms with van der Waals surface area (Å²) in [5.74, 6) is -0.793. The topological polar surface area (TPSA) is 85.2 Å². The highest BCUT2D eigenvalue weighted by molar-refractivity contribution is 9.10. The molecule has 0 unspecified atom stereocenters. The normalized spacial score (nSPS) is 10.7. The number of hydrogen-bond donors (Lipinski definition) is 1. The molecule has 0 saturated carbocycles. The molecule has 29 heavy (non-hydrogen) atoms. The van der Waals surface area contributed by atoms with E-state index in [2.05, 4.69) is 20.9 Å². The van der Waals surface area contributed by atoms with Crippen LogP contribution in [0.15, 0.2) is 76.2 Å². The molecule has 146 valence electrons. The SMILES string of the molecule is COc1cc(C=Nc2ccc(C(=O)O)cc2)ccc1OC(=O)c1ccc(Br)cc1. The molecular weight excluding hydrogens is 438 g/mol. The third kappa shape index (κ3) is 5.30. The van der Waals surface area contributed by atoms with E-state index in [4.69, 9.17) is 14.6 Å². The van der Waals surface area contributed by atoms with Crippen molar-refractivity contribution in [2.24, 2.45) is 4.99 Å². The second kappa shape index (κ2) is 9.16. The van der Waals surface area contributed by atoms with Gasteiger partial charge in [-0.05, 0) is 72.3 Å². The van der Waals surface area contributed by atoms with Gasteiger partial charge < -0.3 is 14.6 Å². The number of methoxy groups -OCH3 is 1. The molecule has 3 rings (SSSR count). The molecule has 6 nitrogen and oxygen atoms in total. The van der Waals surface area contributed by atoms with Crippen LogP contribution in [0.4, 0.5) is 5.69 Å². The van der Waals surface area contributed by atoms with Crippen molar-refractivity contribution in [2.45, 2.75) is 0 Å². The minimum absolute atomic E-state index is 0.197. The van der Waals surface area contributed by atoms with Crippen molar-refractivity contribution in [1.82, 2.24) is 0 Å². The summed E-state index contributed by atoms with van der Waals surface area (Å²) < 4.78 is 11.6. The van der Waals surface area contributed by atoms with Gasteiger partial charge in [-0.15, -0.1) is 0 Å². The lowest BCUT2D eigenvalue weighted by Crippen LogP contribution is -2.09. The van der Waals surface area contributed by atoms with Crippen LogP contribution in [0.5, 0.6) is 11.5 Å². The maximum atomic E-state index is 12.3. The second-order valence-corrected chi connectivity index (χ2v) is 6.83. The van der Waals surface area contributed by atoms with E-state index in [1.54, 1.807) is 60.8 Å². The number of carbonyl (C=O) groups excluding carboxylic acids is 1. The summed E-state index contributed by atoms with van der Waals surface area (Å²) in [7, 11) is 1.48. The number of aliphatic imine (C=N–C) groups is 1. The van der Waals surface area contributed by atoms with Crippen molar-refractivity contribution in [2.75, 3.05) is 7.11 Å². The fraction of sp³-hybridized carbons (Fsp3) is 0.0455. The number of benzene rings is 3. The summed E-state index contributed by atoms with van der Waals surface area (Å²) in [4.78, 5) is 27.5. The molecule has 0 fully saturated rings. The quantitative estimate of drug-likeness (QED) is 0.317. The first kappa shape index (κ1) is 20.3. The molecule has 0 spiro atoms. The molecular formula is C22H16BrNO5. The van der Waals surface area contributed by atoms with Gasteiger partial charge in [-0.1, -0.05) is 15.9 Å². The number of halogens is 1. The van der Waals surface area contributed by atoms with Crippen LogP contribution in [-0.4, -0.2) is 30.4 Å². The molecule has 3 aromatic rings. The summed E-state index contributed by atoms with van der Waals surface area (Å²) in [6.45, 7) is 0. The lowest BCUT2D eigenvalue weighted by atomic mass is 10.2.